The van der Waals surface area contributed by atoms with E-state index in [1.807, 2.05) is 7.05 Å². The van der Waals surface area contributed by atoms with Crippen LogP contribution in [-0.2, 0) is 11.3 Å². The van der Waals surface area contributed by atoms with E-state index in [0.717, 1.165) is 24.6 Å². The summed E-state index contributed by atoms with van der Waals surface area (Å²) in [7, 11) is 3.47. The molecule has 0 spiro atoms. The Morgan fingerprint density at radius 2 is 2.14 bits per heavy atom. The quantitative estimate of drug-likeness (QED) is 0.794. The van der Waals surface area contributed by atoms with Crippen LogP contribution in [0, 0.1) is 11.7 Å². The molecule has 0 bridgehead atoms. The predicted octanol–water partition coefficient (Wildman–Crippen LogP) is 2.05. The fraction of sp³-hybridized carbons (Fsp3) is 0.350. The Bertz CT molecular complexity index is 874. The largest absolute Gasteiger partial charge is 0.481 e. The number of rotatable bonds is 6. The first-order valence-corrected chi connectivity index (χ1v) is 9.01. The van der Waals surface area contributed by atoms with Crippen LogP contribution in [0.5, 0.6) is 5.88 Å². The first-order valence-electron chi connectivity index (χ1n) is 9.01. The third kappa shape index (κ3) is 5.04. The fourth-order valence-electron chi connectivity index (χ4n) is 3.14. The van der Waals surface area contributed by atoms with Crippen molar-refractivity contribution in [2.75, 3.05) is 32.6 Å². The number of benzene rings is 1. The maximum absolute atomic E-state index is 14.0. The second-order valence-corrected chi connectivity index (χ2v) is 6.85. The van der Waals surface area contributed by atoms with E-state index >= 15 is 0 Å². The van der Waals surface area contributed by atoms with Gasteiger partial charge in [0.25, 0.3) is 5.91 Å². The van der Waals surface area contributed by atoms with Crippen LogP contribution in [0.25, 0.3) is 0 Å². The minimum Gasteiger partial charge on any atom is -0.481 e. The molecule has 1 aliphatic heterocycles. The molecule has 148 valence electrons. The number of carbonyl (C=O) groups is 2. The van der Waals surface area contributed by atoms with Gasteiger partial charge in [0.15, 0.2) is 0 Å². The van der Waals surface area contributed by atoms with Crippen LogP contribution in [0.3, 0.4) is 0 Å². The van der Waals surface area contributed by atoms with E-state index < -0.39 is 11.7 Å². The Kier molecular flexibility index (Phi) is 6.20. The monoisotopic (exact) mass is 386 g/mol. The van der Waals surface area contributed by atoms with Gasteiger partial charge in [-0.1, -0.05) is 0 Å². The van der Waals surface area contributed by atoms with Gasteiger partial charge in [0.1, 0.15) is 5.82 Å². The number of aromatic nitrogens is 1. The van der Waals surface area contributed by atoms with Gasteiger partial charge in [0.05, 0.1) is 13.0 Å². The first-order chi connectivity index (χ1) is 13.4. The van der Waals surface area contributed by atoms with E-state index in [9.17, 15) is 14.0 Å². The number of nitrogens with one attached hydrogen (secondary N) is 2. The van der Waals surface area contributed by atoms with Crippen molar-refractivity contribution in [1.29, 1.82) is 0 Å². The van der Waals surface area contributed by atoms with Gasteiger partial charge in [-0.2, -0.15) is 0 Å². The zero-order valence-corrected chi connectivity index (χ0v) is 15.9. The van der Waals surface area contributed by atoms with Crippen LogP contribution >= 0.6 is 0 Å². The van der Waals surface area contributed by atoms with Crippen LogP contribution in [0.2, 0.25) is 0 Å². The van der Waals surface area contributed by atoms with Gasteiger partial charge in [-0.3, -0.25) is 9.59 Å². The number of carbonyl (C=O) groups excluding carboxylic acids is 2. The normalized spacial score (nSPS) is 16.6. The molecule has 1 aliphatic rings. The molecule has 3 rings (SSSR count). The summed E-state index contributed by atoms with van der Waals surface area (Å²) in [5.74, 6) is -0.874. The number of likely N-dealkylation sites (tertiary alicyclic amines) is 1. The highest BCUT2D eigenvalue weighted by Gasteiger charge is 2.26. The van der Waals surface area contributed by atoms with Crippen LogP contribution in [0.1, 0.15) is 22.3 Å². The smallest absolute Gasteiger partial charge is 0.251 e. The van der Waals surface area contributed by atoms with E-state index in [0.29, 0.717) is 12.4 Å². The SMILES string of the molecule is COc1cc(CNC(=O)c2cc(F)cc(NC(=O)C3CCN(C)C3)c2)ccn1. The highest BCUT2D eigenvalue weighted by atomic mass is 19.1. The maximum atomic E-state index is 14.0. The molecule has 28 heavy (non-hydrogen) atoms. The minimum absolute atomic E-state index is 0.132. The number of hydrogen-bond acceptors (Lipinski definition) is 5. The van der Waals surface area contributed by atoms with Gasteiger partial charge in [0.2, 0.25) is 11.8 Å². The number of hydrogen-bond donors (Lipinski definition) is 2. The van der Waals surface area contributed by atoms with E-state index in [1.165, 1.54) is 19.2 Å². The van der Waals surface area contributed by atoms with Crippen molar-refractivity contribution < 1.29 is 18.7 Å². The van der Waals surface area contributed by atoms with E-state index in [1.54, 1.807) is 18.3 Å². The molecule has 0 saturated carbocycles. The fourth-order valence-corrected chi connectivity index (χ4v) is 3.14. The number of halogens is 1. The lowest BCUT2D eigenvalue weighted by Crippen LogP contribution is -2.26. The van der Waals surface area contributed by atoms with E-state index in [4.69, 9.17) is 4.74 Å². The van der Waals surface area contributed by atoms with Gasteiger partial charge >= 0.3 is 0 Å². The van der Waals surface area contributed by atoms with Crippen LogP contribution in [-0.4, -0.2) is 48.9 Å². The van der Waals surface area contributed by atoms with Crippen molar-refractivity contribution in [3.63, 3.8) is 0 Å². The van der Waals surface area contributed by atoms with Crippen molar-refractivity contribution >= 4 is 17.5 Å². The molecular formula is C20H23FN4O3. The number of nitrogens with zero attached hydrogens (tertiary/aromatic N) is 2. The molecule has 1 aromatic carbocycles. The molecule has 2 N–H and O–H groups in total. The third-order valence-electron chi connectivity index (χ3n) is 4.65. The predicted molar refractivity (Wildman–Crippen MR) is 103 cm³/mol. The summed E-state index contributed by atoms with van der Waals surface area (Å²) < 4.78 is 19.0. The van der Waals surface area contributed by atoms with E-state index in [2.05, 4.69) is 20.5 Å². The minimum atomic E-state index is -0.586. The first kappa shape index (κ1) is 19.8. The lowest BCUT2D eigenvalue weighted by molar-refractivity contribution is -0.119. The van der Waals surface area contributed by atoms with Crippen LogP contribution in [0.15, 0.2) is 36.5 Å². The van der Waals surface area contributed by atoms with Gasteiger partial charge in [-0.05, 0) is 49.8 Å². The molecule has 2 heterocycles. The molecule has 0 radical (unpaired) electrons. The summed E-state index contributed by atoms with van der Waals surface area (Å²) in [4.78, 5) is 30.8. The highest BCUT2D eigenvalue weighted by Crippen LogP contribution is 2.19. The Hall–Kier alpha value is -3.00. The Balaban J connectivity index is 1.64. The van der Waals surface area contributed by atoms with Gasteiger partial charge in [-0.15, -0.1) is 0 Å². The molecule has 2 aromatic rings. The molecule has 8 heteroatoms. The summed E-state index contributed by atoms with van der Waals surface area (Å²) in [6.45, 7) is 1.77. The number of pyridine rings is 1. The van der Waals surface area contributed by atoms with Crippen molar-refractivity contribution in [2.24, 2.45) is 5.92 Å². The number of ether oxygens (including phenoxy) is 1. The van der Waals surface area contributed by atoms with Crippen LogP contribution in [0.4, 0.5) is 10.1 Å². The topological polar surface area (TPSA) is 83.6 Å². The number of methoxy groups -OCH3 is 1. The van der Waals surface area contributed by atoms with Crippen LogP contribution < -0.4 is 15.4 Å². The molecule has 1 unspecified atom stereocenters. The lowest BCUT2D eigenvalue weighted by Gasteiger charge is -2.13. The zero-order chi connectivity index (χ0) is 20.1. The molecule has 1 atom stereocenters. The Labute approximate surface area is 162 Å². The van der Waals surface area contributed by atoms with E-state index in [-0.39, 0.29) is 29.6 Å². The average molecular weight is 386 g/mol. The molecule has 1 aromatic heterocycles. The average Bonchev–Trinajstić information content (AvgIpc) is 3.12. The molecular weight excluding hydrogens is 363 g/mol. The second kappa shape index (κ2) is 8.79. The summed E-state index contributed by atoms with van der Waals surface area (Å²) in [5, 5.41) is 5.45. The number of anilines is 1. The summed E-state index contributed by atoms with van der Waals surface area (Å²) in [6.07, 6.45) is 2.34. The Morgan fingerprint density at radius 3 is 2.86 bits per heavy atom. The molecule has 1 saturated heterocycles. The summed E-state index contributed by atoms with van der Waals surface area (Å²) in [5.41, 5.74) is 1.21. The van der Waals surface area contributed by atoms with Crippen molar-refractivity contribution in [1.82, 2.24) is 15.2 Å². The molecule has 0 aliphatic carbocycles. The summed E-state index contributed by atoms with van der Waals surface area (Å²) >= 11 is 0. The third-order valence-corrected chi connectivity index (χ3v) is 4.65. The van der Waals surface area contributed by atoms with Gasteiger partial charge < -0.3 is 20.3 Å². The van der Waals surface area contributed by atoms with Gasteiger partial charge in [-0.25, -0.2) is 9.37 Å². The highest BCUT2D eigenvalue weighted by molar-refractivity contribution is 5.97. The standard InChI is InChI=1S/C20H23FN4O3/c1-25-6-4-14(12-25)20(27)24-17-9-15(8-16(21)10-17)19(26)23-11-13-3-5-22-18(7-13)28-2/h3,5,7-10,14H,4,6,11-12H2,1-2H3,(H,23,26)(H,24,27). The van der Waals surface area contributed by atoms with Crippen molar-refractivity contribution in [2.45, 2.75) is 13.0 Å². The lowest BCUT2D eigenvalue weighted by atomic mass is 10.1. The second-order valence-electron chi connectivity index (χ2n) is 6.85. The molecule has 1 fully saturated rings. The number of amides is 2. The maximum Gasteiger partial charge on any atom is 0.251 e. The van der Waals surface area contributed by atoms with Gasteiger partial charge in [0, 0.05) is 36.6 Å². The van der Waals surface area contributed by atoms with Crippen molar-refractivity contribution in [3.8, 4) is 5.88 Å². The summed E-state index contributed by atoms with van der Waals surface area (Å²) in [6, 6.07) is 7.28. The molecule has 2 amide bonds. The van der Waals surface area contributed by atoms with Crippen molar-refractivity contribution in [3.05, 3.63) is 53.5 Å². The zero-order valence-electron chi connectivity index (χ0n) is 15.9. The Morgan fingerprint density at radius 1 is 1.32 bits per heavy atom. The molecule has 7 nitrogen and oxygen atoms in total.